The normalized spacial score (nSPS) is 19.0. The van der Waals surface area contributed by atoms with Crippen molar-refractivity contribution in [2.75, 3.05) is 6.54 Å². The zero-order valence-corrected chi connectivity index (χ0v) is 5.68. The minimum atomic E-state index is 0.148. The molecule has 2 nitrogen and oxygen atoms in total. The van der Waals surface area contributed by atoms with Crippen LogP contribution in [0.4, 0.5) is 0 Å². The first-order valence-electron chi connectivity index (χ1n) is 3.35. The van der Waals surface area contributed by atoms with Crippen LogP contribution in [0.15, 0.2) is 4.99 Å². The van der Waals surface area contributed by atoms with Crippen LogP contribution in [0.2, 0.25) is 0 Å². The lowest BCUT2D eigenvalue weighted by molar-refractivity contribution is -0.111. The SMILES string of the molecule is [13CH3][13C](=O)C1=NCCCC1. The van der Waals surface area contributed by atoms with Crippen LogP contribution in [0, 0.1) is 0 Å². The summed E-state index contributed by atoms with van der Waals surface area (Å²) in [5.74, 6) is 0.148. The topological polar surface area (TPSA) is 29.4 Å². The highest BCUT2D eigenvalue weighted by atomic mass is 16.2. The summed E-state index contributed by atoms with van der Waals surface area (Å²) >= 11 is 0. The van der Waals surface area contributed by atoms with Crippen molar-refractivity contribution < 1.29 is 4.79 Å². The van der Waals surface area contributed by atoms with Gasteiger partial charge in [-0.1, -0.05) is 0 Å². The smallest absolute Gasteiger partial charge is 0.173 e. The maximum atomic E-state index is 10.7. The molecule has 1 aliphatic heterocycles. The Morgan fingerprint density at radius 2 is 2.33 bits per heavy atom. The molecule has 0 saturated carbocycles. The van der Waals surface area contributed by atoms with Crippen LogP contribution in [0.3, 0.4) is 0 Å². The predicted molar refractivity (Wildman–Crippen MR) is 36.8 cm³/mol. The first-order chi connectivity index (χ1) is 4.30. The first-order valence-corrected chi connectivity index (χ1v) is 3.35. The lowest BCUT2D eigenvalue weighted by Crippen LogP contribution is -2.14. The van der Waals surface area contributed by atoms with Gasteiger partial charge in [0.1, 0.15) is 0 Å². The van der Waals surface area contributed by atoms with E-state index in [0.717, 1.165) is 31.5 Å². The standard InChI is InChI=1S/C7H11NO/c1-6(9)7-4-2-3-5-8-7/h2-5H2,1H3/i1+1,6+1. The summed E-state index contributed by atoms with van der Waals surface area (Å²) in [6, 6.07) is 0. The van der Waals surface area contributed by atoms with E-state index in [9.17, 15) is 4.79 Å². The van der Waals surface area contributed by atoms with Gasteiger partial charge in [0.25, 0.3) is 0 Å². The summed E-state index contributed by atoms with van der Waals surface area (Å²) in [5, 5.41) is 0. The van der Waals surface area contributed by atoms with Crippen LogP contribution in [0.5, 0.6) is 0 Å². The molecule has 0 saturated heterocycles. The Morgan fingerprint density at radius 1 is 1.56 bits per heavy atom. The maximum absolute atomic E-state index is 10.7. The van der Waals surface area contributed by atoms with E-state index in [0.29, 0.717) is 0 Å². The quantitative estimate of drug-likeness (QED) is 0.486. The first kappa shape index (κ1) is 6.46. The third-order valence-corrected chi connectivity index (χ3v) is 1.53. The van der Waals surface area contributed by atoms with Crippen LogP contribution in [0.1, 0.15) is 26.2 Å². The van der Waals surface area contributed by atoms with Crippen molar-refractivity contribution >= 4 is 11.5 Å². The van der Waals surface area contributed by atoms with Crippen LogP contribution >= 0.6 is 0 Å². The maximum Gasteiger partial charge on any atom is 0.173 e. The number of nitrogens with zero attached hydrogens (tertiary/aromatic N) is 1. The van der Waals surface area contributed by atoms with E-state index < -0.39 is 0 Å². The number of hydrogen-bond donors (Lipinski definition) is 0. The highest BCUT2D eigenvalue weighted by Gasteiger charge is 2.07. The molecule has 0 radical (unpaired) electrons. The Hall–Kier alpha value is -0.660. The molecule has 1 aliphatic rings. The van der Waals surface area contributed by atoms with Gasteiger partial charge >= 0.3 is 0 Å². The number of Topliss-reactive ketones (excluding diaryl/α,β-unsaturated/α-hetero) is 1. The summed E-state index contributed by atoms with van der Waals surface area (Å²) < 4.78 is 0. The molecule has 0 aromatic heterocycles. The number of ketones is 1. The van der Waals surface area contributed by atoms with Gasteiger partial charge in [0, 0.05) is 13.5 Å². The van der Waals surface area contributed by atoms with Crippen molar-refractivity contribution in [1.29, 1.82) is 0 Å². The second-order valence-corrected chi connectivity index (χ2v) is 2.34. The van der Waals surface area contributed by atoms with E-state index in [4.69, 9.17) is 0 Å². The van der Waals surface area contributed by atoms with E-state index in [1.165, 1.54) is 0 Å². The van der Waals surface area contributed by atoms with Crippen LogP contribution in [-0.4, -0.2) is 18.0 Å². The van der Waals surface area contributed by atoms with Gasteiger partial charge in [0.05, 0.1) is 5.71 Å². The van der Waals surface area contributed by atoms with Crippen molar-refractivity contribution in [3.8, 4) is 0 Å². The molecule has 2 heteroatoms. The molecule has 50 valence electrons. The highest BCUT2D eigenvalue weighted by molar-refractivity contribution is 6.39. The van der Waals surface area contributed by atoms with Gasteiger partial charge in [-0.15, -0.1) is 0 Å². The molecule has 0 fully saturated rings. The number of carbonyl (C=O) groups is 1. The summed E-state index contributed by atoms with van der Waals surface area (Å²) in [6.07, 6.45) is 3.19. The van der Waals surface area contributed by atoms with E-state index in [-0.39, 0.29) is 5.78 Å². The number of carbonyl (C=O) groups excluding carboxylic acids is 1. The fourth-order valence-electron chi connectivity index (χ4n) is 0.985. The summed E-state index contributed by atoms with van der Waals surface area (Å²) in [4.78, 5) is 14.8. The second-order valence-electron chi connectivity index (χ2n) is 2.34. The number of rotatable bonds is 1. The van der Waals surface area contributed by atoms with Crippen molar-refractivity contribution in [1.82, 2.24) is 0 Å². The third-order valence-electron chi connectivity index (χ3n) is 1.53. The minimum absolute atomic E-state index is 0.148. The molecule has 0 aromatic carbocycles. The highest BCUT2D eigenvalue weighted by Crippen LogP contribution is 2.05. The summed E-state index contributed by atoms with van der Waals surface area (Å²) in [7, 11) is 0. The fraction of sp³-hybridized carbons (Fsp3) is 0.714. The molecule has 1 rings (SSSR count). The molecule has 0 aliphatic carbocycles. The zero-order valence-electron chi connectivity index (χ0n) is 5.68. The van der Waals surface area contributed by atoms with Crippen LogP contribution in [0.25, 0.3) is 0 Å². The van der Waals surface area contributed by atoms with Gasteiger partial charge in [0.15, 0.2) is 5.78 Å². The molecule has 9 heavy (non-hydrogen) atoms. The molecule has 0 aromatic rings. The van der Waals surface area contributed by atoms with Gasteiger partial charge < -0.3 is 0 Å². The third kappa shape index (κ3) is 1.63. The Labute approximate surface area is 55.0 Å². The predicted octanol–water partition coefficient (Wildman–Crippen LogP) is 1.20. The van der Waals surface area contributed by atoms with Crippen molar-refractivity contribution in [2.24, 2.45) is 4.99 Å². The van der Waals surface area contributed by atoms with E-state index in [2.05, 4.69) is 4.99 Å². The molecule has 0 bridgehead atoms. The van der Waals surface area contributed by atoms with Gasteiger partial charge in [-0.3, -0.25) is 9.79 Å². The summed E-state index contributed by atoms with van der Waals surface area (Å²) in [6.45, 7) is 2.44. The van der Waals surface area contributed by atoms with E-state index in [1.54, 1.807) is 6.92 Å². The summed E-state index contributed by atoms with van der Waals surface area (Å²) in [5.41, 5.74) is 0.793. The van der Waals surface area contributed by atoms with Crippen molar-refractivity contribution in [3.05, 3.63) is 0 Å². The van der Waals surface area contributed by atoms with Gasteiger partial charge in [-0.2, -0.15) is 0 Å². The molecular weight excluding hydrogens is 116 g/mol. The Morgan fingerprint density at radius 3 is 2.67 bits per heavy atom. The Kier molecular flexibility index (Phi) is 1.98. The fourth-order valence-corrected chi connectivity index (χ4v) is 0.985. The Balaban J connectivity index is 2.57. The monoisotopic (exact) mass is 127 g/mol. The van der Waals surface area contributed by atoms with Crippen LogP contribution in [-0.2, 0) is 4.79 Å². The average Bonchev–Trinajstić information content (AvgIpc) is 1.90. The van der Waals surface area contributed by atoms with Crippen molar-refractivity contribution in [3.63, 3.8) is 0 Å². The van der Waals surface area contributed by atoms with Gasteiger partial charge in [-0.05, 0) is 19.3 Å². The largest absolute Gasteiger partial charge is 0.293 e. The zero-order chi connectivity index (χ0) is 6.69. The van der Waals surface area contributed by atoms with Crippen molar-refractivity contribution in [2.45, 2.75) is 26.2 Å². The van der Waals surface area contributed by atoms with E-state index in [1.807, 2.05) is 0 Å². The lowest BCUT2D eigenvalue weighted by Gasteiger charge is -2.07. The molecule has 0 atom stereocenters. The molecule has 0 N–H and O–H groups in total. The molecule has 0 unspecified atom stereocenters. The average molecular weight is 127 g/mol. The molecule has 0 spiro atoms. The second kappa shape index (κ2) is 2.76. The molecular formula is C7H11NO. The number of aliphatic imine (C=N–C) groups is 1. The van der Waals surface area contributed by atoms with Gasteiger partial charge in [-0.25, -0.2) is 0 Å². The Bertz CT molecular complexity index is 149. The minimum Gasteiger partial charge on any atom is -0.293 e. The lowest BCUT2D eigenvalue weighted by atomic mass is 10.1. The molecule has 0 amide bonds. The van der Waals surface area contributed by atoms with E-state index >= 15 is 0 Å². The molecule has 1 heterocycles. The number of hydrogen-bond acceptors (Lipinski definition) is 2. The van der Waals surface area contributed by atoms with Crippen LogP contribution < -0.4 is 0 Å². The van der Waals surface area contributed by atoms with Gasteiger partial charge in [0.2, 0.25) is 0 Å².